The topological polar surface area (TPSA) is 12.0 Å². The van der Waals surface area contributed by atoms with Crippen LogP contribution in [0.5, 0.6) is 0 Å². The summed E-state index contributed by atoms with van der Waals surface area (Å²) < 4.78 is 0. The lowest BCUT2D eigenvalue weighted by Crippen LogP contribution is -2.22. The highest BCUT2D eigenvalue weighted by atomic mass is 32.1. The summed E-state index contributed by atoms with van der Waals surface area (Å²) in [6.07, 6.45) is 10.8. The Bertz CT molecular complexity index is 375. The van der Waals surface area contributed by atoms with Crippen molar-refractivity contribution in [1.29, 1.82) is 0 Å². The molecule has 1 heterocycles. The van der Waals surface area contributed by atoms with Crippen LogP contribution in [0.15, 0.2) is 6.07 Å². The van der Waals surface area contributed by atoms with Crippen molar-refractivity contribution in [3.8, 4) is 0 Å². The first-order valence-corrected chi connectivity index (χ1v) is 9.44. The van der Waals surface area contributed by atoms with E-state index in [9.17, 15) is 0 Å². The number of aryl methyl sites for hydroxylation is 2. The molecule has 0 bridgehead atoms. The maximum atomic E-state index is 3.74. The van der Waals surface area contributed by atoms with Crippen molar-refractivity contribution >= 4 is 11.3 Å². The van der Waals surface area contributed by atoms with Crippen LogP contribution in [0, 0.1) is 5.92 Å². The second-order valence-corrected chi connectivity index (χ2v) is 7.38. The van der Waals surface area contributed by atoms with Crippen molar-refractivity contribution in [3.63, 3.8) is 0 Å². The van der Waals surface area contributed by atoms with Crippen molar-refractivity contribution in [2.75, 3.05) is 6.54 Å². The van der Waals surface area contributed by atoms with Gasteiger partial charge in [-0.2, -0.15) is 0 Å². The van der Waals surface area contributed by atoms with Gasteiger partial charge in [0.25, 0.3) is 0 Å². The van der Waals surface area contributed by atoms with Gasteiger partial charge in [-0.15, -0.1) is 11.3 Å². The molecular formula is C18H31NS. The second-order valence-electron chi connectivity index (χ2n) is 6.21. The van der Waals surface area contributed by atoms with E-state index in [0.717, 1.165) is 12.5 Å². The molecule has 2 heteroatoms. The summed E-state index contributed by atoms with van der Waals surface area (Å²) in [6.45, 7) is 7.98. The van der Waals surface area contributed by atoms with Gasteiger partial charge in [0.05, 0.1) is 0 Å². The van der Waals surface area contributed by atoms with Crippen LogP contribution in [0.3, 0.4) is 0 Å². The highest BCUT2D eigenvalue weighted by molar-refractivity contribution is 7.12. The van der Waals surface area contributed by atoms with Crippen LogP contribution in [-0.2, 0) is 12.8 Å². The van der Waals surface area contributed by atoms with Gasteiger partial charge in [0.1, 0.15) is 0 Å². The van der Waals surface area contributed by atoms with Crippen LogP contribution in [0.1, 0.15) is 80.7 Å². The van der Waals surface area contributed by atoms with E-state index < -0.39 is 0 Å². The predicted molar refractivity (Wildman–Crippen MR) is 90.7 cm³/mol. The molecule has 0 saturated carbocycles. The van der Waals surface area contributed by atoms with Gasteiger partial charge in [-0.3, -0.25) is 0 Å². The Hall–Kier alpha value is -0.340. The van der Waals surface area contributed by atoms with Crippen LogP contribution in [0.4, 0.5) is 0 Å². The molecule has 0 saturated heterocycles. The SMILES string of the molecule is CCCCC(CC)CC(NCC)c1cc2c(s1)CCC2. The van der Waals surface area contributed by atoms with Gasteiger partial charge in [0.2, 0.25) is 0 Å². The van der Waals surface area contributed by atoms with E-state index in [1.54, 1.807) is 15.3 Å². The highest BCUT2D eigenvalue weighted by Gasteiger charge is 2.21. The molecule has 0 fully saturated rings. The van der Waals surface area contributed by atoms with Crippen LogP contribution in [-0.4, -0.2) is 6.54 Å². The number of thiophene rings is 1. The van der Waals surface area contributed by atoms with Crippen LogP contribution in [0.2, 0.25) is 0 Å². The molecule has 114 valence electrons. The van der Waals surface area contributed by atoms with E-state index in [1.165, 1.54) is 51.4 Å². The van der Waals surface area contributed by atoms with E-state index in [0.29, 0.717) is 6.04 Å². The third kappa shape index (κ3) is 4.08. The molecule has 2 unspecified atom stereocenters. The fourth-order valence-corrected chi connectivity index (χ4v) is 4.73. The Morgan fingerprint density at radius 3 is 2.75 bits per heavy atom. The summed E-state index contributed by atoms with van der Waals surface area (Å²) in [4.78, 5) is 3.27. The van der Waals surface area contributed by atoms with E-state index >= 15 is 0 Å². The van der Waals surface area contributed by atoms with Crippen LogP contribution >= 0.6 is 11.3 Å². The molecule has 1 nitrogen and oxygen atoms in total. The molecule has 2 atom stereocenters. The van der Waals surface area contributed by atoms with Crippen molar-refractivity contribution in [2.24, 2.45) is 5.92 Å². The lowest BCUT2D eigenvalue weighted by atomic mass is 9.91. The lowest BCUT2D eigenvalue weighted by molar-refractivity contribution is 0.359. The summed E-state index contributed by atoms with van der Waals surface area (Å²) in [5, 5.41) is 3.74. The van der Waals surface area contributed by atoms with E-state index in [-0.39, 0.29) is 0 Å². The number of hydrogen-bond donors (Lipinski definition) is 1. The fraction of sp³-hybridized carbons (Fsp3) is 0.778. The van der Waals surface area contributed by atoms with Gasteiger partial charge in [-0.05, 0) is 49.8 Å². The summed E-state index contributed by atoms with van der Waals surface area (Å²) in [5.74, 6) is 0.885. The normalized spacial score (nSPS) is 17.1. The minimum Gasteiger partial charge on any atom is -0.310 e. The van der Waals surface area contributed by atoms with Gasteiger partial charge in [0, 0.05) is 15.8 Å². The fourth-order valence-electron chi connectivity index (χ4n) is 3.39. The maximum Gasteiger partial charge on any atom is 0.0417 e. The van der Waals surface area contributed by atoms with Gasteiger partial charge < -0.3 is 5.32 Å². The molecular weight excluding hydrogens is 262 g/mol. The molecule has 1 aromatic heterocycles. The minimum atomic E-state index is 0.595. The third-order valence-electron chi connectivity index (χ3n) is 4.67. The summed E-state index contributed by atoms with van der Waals surface area (Å²) in [7, 11) is 0. The smallest absolute Gasteiger partial charge is 0.0417 e. The largest absolute Gasteiger partial charge is 0.310 e. The molecule has 20 heavy (non-hydrogen) atoms. The Balaban J connectivity index is 2.01. The van der Waals surface area contributed by atoms with E-state index in [4.69, 9.17) is 0 Å². The van der Waals surface area contributed by atoms with Crippen LogP contribution in [0.25, 0.3) is 0 Å². The molecule has 1 aliphatic rings. The first-order valence-electron chi connectivity index (χ1n) is 8.63. The Kier molecular flexibility index (Phi) is 6.57. The molecule has 2 rings (SSSR count). The summed E-state index contributed by atoms with van der Waals surface area (Å²) in [5.41, 5.74) is 1.65. The number of unbranched alkanes of at least 4 members (excludes halogenated alkanes) is 1. The average molecular weight is 294 g/mol. The molecule has 0 amide bonds. The molecule has 0 spiro atoms. The van der Waals surface area contributed by atoms with Crippen LogP contribution < -0.4 is 5.32 Å². The molecule has 0 radical (unpaired) electrons. The zero-order valence-corrected chi connectivity index (χ0v) is 14.3. The quantitative estimate of drug-likeness (QED) is 0.634. The Labute approximate surface area is 129 Å². The van der Waals surface area contributed by atoms with E-state index in [2.05, 4.69) is 43.5 Å². The van der Waals surface area contributed by atoms with Gasteiger partial charge in [-0.25, -0.2) is 0 Å². The van der Waals surface area contributed by atoms with Gasteiger partial charge in [-0.1, -0.05) is 46.5 Å². The first kappa shape index (κ1) is 16.0. The molecule has 1 aliphatic carbocycles. The zero-order valence-electron chi connectivity index (χ0n) is 13.5. The summed E-state index contributed by atoms with van der Waals surface area (Å²) in [6, 6.07) is 3.10. The molecule has 1 aromatic rings. The van der Waals surface area contributed by atoms with Crippen molar-refractivity contribution in [2.45, 2.75) is 78.2 Å². The van der Waals surface area contributed by atoms with E-state index in [1.807, 2.05) is 0 Å². The number of nitrogens with one attached hydrogen (secondary N) is 1. The molecule has 1 N–H and O–H groups in total. The van der Waals surface area contributed by atoms with Crippen molar-refractivity contribution < 1.29 is 0 Å². The predicted octanol–water partition coefficient (Wildman–Crippen LogP) is 5.49. The highest BCUT2D eigenvalue weighted by Crippen LogP contribution is 2.36. The third-order valence-corrected chi connectivity index (χ3v) is 6.02. The zero-order chi connectivity index (χ0) is 14.4. The number of fused-ring (bicyclic) bond motifs is 1. The number of hydrogen-bond acceptors (Lipinski definition) is 2. The molecule has 0 aliphatic heterocycles. The Morgan fingerprint density at radius 1 is 1.25 bits per heavy atom. The number of rotatable bonds is 9. The summed E-state index contributed by atoms with van der Waals surface area (Å²) >= 11 is 2.08. The average Bonchev–Trinajstić information content (AvgIpc) is 3.03. The second kappa shape index (κ2) is 8.19. The van der Waals surface area contributed by atoms with Gasteiger partial charge in [0.15, 0.2) is 0 Å². The molecule has 0 aromatic carbocycles. The maximum absolute atomic E-state index is 3.74. The minimum absolute atomic E-state index is 0.595. The first-order chi connectivity index (χ1) is 9.78. The van der Waals surface area contributed by atoms with Crippen molar-refractivity contribution in [1.82, 2.24) is 5.32 Å². The Morgan fingerprint density at radius 2 is 2.10 bits per heavy atom. The lowest BCUT2D eigenvalue weighted by Gasteiger charge is -2.23. The van der Waals surface area contributed by atoms with Crippen molar-refractivity contribution in [3.05, 3.63) is 21.4 Å². The van der Waals surface area contributed by atoms with Gasteiger partial charge >= 0.3 is 0 Å². The standard InChI is InChI=1S/C18H31NS/c1-4-7-9-14(5-2)12-16(19-6-3)18-13-15-10-8-11-17(15)20-18/h13-14,16,19H,4-12H2,1-3H3. The monoisotopic (exact) mass is 293 g/mol.